The lowest BCUT2D eigenvalue weighted by atomic mass is 10.0. The fourth-order valence-electron chi connectivity index (χ4n) is 6.86. The summed E-state index contributed by atoms with van der Waals surface area (Å²) in [6, 6.07) is 0. The molecule has 0 fully saturated rings. The van der Waals surface area contributed by atoms with E-state index >= 15 is 0 Å². The molecule has 12 heteroatoms. The van der Waals surface area contributed by atoms with E-state index in [2.05, 4.69) is 19.2 Å². The number of hydrogen-bond donors (Lipinski definition) is 2. The summed E-state index contributed by atoms with van der Waals surface area (Å²) < 4.78 is 44.1. The SMILES string of the molecule is CCCCCCCCCCCCCCCCCC(=O)OCC(COP(=O)(O)OCCNCCOCCOC)OC(=O)CCCCCCCCCCCCCCCCC. The van der Waals surface area contributed by atoms with Gasteiger partial charge in [-0.3, -0.25) is 18.6 Å². The molecule has 0 spiro atoms. The molecule has 2 atom stereocenters. The molecule has 0 bridgehead atoms. The molecule has 0 aromatic carbocycles. The number of hydrogen-bond acceptors (Lipinski definition) is 10. The molecule has 0 aromatic rings. The lowest BCUT2D eigenvalue weighted by Gasteiger charge is -2.20. The Labute approximate surface area is 356 Å². The molecule has 2 unspecified atom stereocenters. The predicted molar refractivity (Wildman–Crippen MR) is 237 cm³/mol. The Kier molecular flexibility index (Phi) is 44.6. The summed E-state index contributed by atoms with van der Waals surface area (Å²) in [7, 11) is -2.82. The lowest BCUT2D eigenvalue weighted by molar-refractivity contribution is -0.161. The van der Waals surface area contributed by atoms with E-state index in [0.717, 1.165) is 32.1 Å². The van der Waals surface area contributed by atoms with Crippen molar-refractivity contribution in [1.82, 2.24) is 5.32 Å². The minimum Gasteiger partial charge on any atom is -0.462 e. The van der Waals surface area contributed by atoms with Gasteiger partial charge in [0, 0.05) is 33.0 Å². The average molecular weight is 850 g/mol. The monoisotopic (exact) mass is 850 g/mol. The minimum absolute atomic E-state index is 0.0657. The van der Waals surface area contributed by atoms with Crippen LogP contribution in [0, 0.1) is 0 Å². The smallest absolute Gasteiger partial charge is 0.462 e. The molecule has 0 amide bonds. The van der Waals surface area contributed by atoms with Crippen LogP contribution in [0.1, 0.15) is 219 Å². The van der Waals surface area contributed by atoms with E-state index < -0.39 is 26.5 Å². The molecule has 0 aromatic heterocycles. The minimum atomic E-state index is -4.43. The second-order valence-electron chi connectivity index (χ2n) is 16.1. The Morgan fingerprint density at radius 2 is 0.897 bits per heavy atom. The van der Waals surface area contributed by atoms with Crippen molar-refractivity contribution in [2.24, 2.45) is 0 Å². The van der Waals surface area contributed by atoms with Crippen LogP contribution in [0.2, 0.25) is 0 Å². The molecule has 0 heterocycles. The third kappa shape index (κ3) is 44.5. The molecule has 0 aliphatic rings. The maximum Gasteiger partial charge on any atom is 0.472 e. The number of carbonyl (C=O) groups excluding carboxylic acids is 2. The second kappa shape index (κ2) is 45.5. The summed E-state index contributed by atoms with van der Waals surface area (Å²) in [4.78, 5) is 35.5. The highest BCUT2D eigenvalue weighted by molar-refractivity contribution is 7.47. The van der Waals surface area contributed by atoms with Gasteiger partial charge in [0.25, 0.3) is 0 Å². The van der Waals surface area contributed by atoms with Gasteiger partial charge in [0.05, 0.1) is 33.0 Å². The zero-order valence-electron chi connectivity index (χ0n) is 37.9. The van der Waals surface area contributed by atoms with Gasteiger partial charge in [-0.2, -0.15) is 0 Å². The van der Waals surface area contributed by atoms with Gasteiger partial charge >= 0.3 is 19.8 Å². The van der Waals surface area contributed by atoms with Gasteiger partial charge in [-0.05, 0) is 12.8 Å². The van der Waals surface area contributed by atoms with Crippen LogP contribution in [0.4, 0.5) is 0 Å². The molecule has 11 nitrogen and oxygen atoms in total. The van der Waals surface area contributed by atoms with Gasteiger partial charge < -0.3 is 29.2 Å². The first kappa shape index (κ1) is 56.9. The maximum absolute atomic E-state index is 12.7. The van der Waals surface area contributed by atoms with E-state index in [1.807, 2.05) is 0 Å². The normalized spacial score (nSPS) is 13.1. The molecule has 0 aliphatic carbocycles. The van der Waals surface area contributed by atoms with Crippen LogP contribution in [-0.4, -0.2) is 82.8 Å². The molecule has 0 saturated heterocycles. The van der Waals surface area contributed by atoms with Crippen molar-refractivity contribution in [1.29, 1.82) is 0 Å². The van der Waals surface area contributed by atoms with Crippen LogP contribution in [0.25, 0.3) is 0 Å². The average Bonchev–Trinajstić information content (AvgIpc) is 3.21. The largest absolute Gasteiger partial charge is 0.472 e. The highest BCUT2D eigenvalue weighted by Gasteiger charge is 2.26. The van der Waals surface area contributed by atoms with Crippen molar-refractivity contribution in [2.75, 3.05) is 59.8 Å². The predicted octanol–water partition coefficient (Wildman–Crippen LogP) is 12.4. The Morgan fingerprint density at radius 3 is 1.33 bits per heavy atom. The zero-order chi connectivity index (χ0) is 42.5. The van der Waals surface area contributed by atoms with Crippen molar-refractivity contribution in [3.05, 3.63) is 0 Å². The highest BCUT2D eigenvalue weighted by Crippen LogP contribution is 2.43. The van der Waals surface area contributed by atoms with Gasteiger partial charge in [-0.15, -0.1) is 0 Å². The molecular weight excluding hydrogens is 757 g/mol. The van der Waals surface area contributed by atoms with Crippen molar-refractivity contribution in [2.45, 2.75) is 225 Å². The van der Waals surface area contributed by atoms with E-state index in [1.54, 1.807) is 7.11 Å². The Hall–Kier alpha value is -1.07. The number of unbranched alkanes of at least 4 members (excludes halogenated alkanes) is 28. The number of esters is 2. The van der Waals surface area contributed by atoms with Gasteiger partial charge in [0.15, 0.2) is 6.10 Å². The molecule has 0 aliphatic heterocycles. The molecule has 346 valence electrons. The van der Waals surface area contributed by atoms with Crippen molar-refractivity contribution >= 4 is 19.8 Å². The van der Waals surface area contributed by atoms with Gasteiger partial charge in [-0.1, -0.05) is 194 Å². The molecule has 58 heavy (non-hydrogen) atoms. The van der Waals surface area contributed by atoms with Gasteiger partial charge in [0.1, 0.15) is 6.61 Å². The van der Waals surface area contributed by atoms with Crippen molar-refractivity contribution in [3.8, 4) is 0 Å². The van der Waals surface area contributed by atoms with Crippen LogP contribution in [0.3, 0.4) is 0 Å². The molecule has 0 radical (unpaired) electrons. The number of phosphoric acid groups is 1. The number of rotatable bonds is 48. The lowest BCUT2D eigenvalue weighted by Crippen LogP contribution is -2.29. The second-order valence-corrected chi connectivity index (χ2v) is 17.6. The summed E-state index contributed by atoms with van der Waals surface area (Å²) in [6.07, 6.45) is 36.8. The van der Waals surface area contributed by atoms with E-state index in [9.17, 15) is 19.0 Å². The first-order chi connectivity index (χ1) is 28.3. The molecule has 0 rings (SSSR count). The maximum atomic E-state index is 12.7. The summed E-state index contributed by atoms with van der Waals surface area (Å²) in [5, 5.41) is 3.05. The zero-order valence-corrected chi connectivity index (χ0v) is 38.8. The fraction of sp³-hybridized carbons (Fsp3) is 0.957. The number of phosphoric ester groups is 1. The van der Waals surface area contributed by atoms with Crippen LogP contribution in [0.15, 0.2) is 0 Å². The van der Waals surface area contributed by atoms with E-state index in [-0.39, 0.29) is 32.0 Å². The van der Waals surface area contributed by atoms with Gasteiger partial charge in [-0.25, -0.2) is 4.57 Å². The van der Waals surface area contributed by atoms with Crippen molar-refractivity contribution < 1.29 is 47.0 Å². The van der Waals surface area contributed by atoms with E-state index in [4.69, 9.17) is 28.0 Å². The number of methoxy groups -OCH3 is 1. The van der Waals surface area contributed by atoms with E-state index in [0.29, 0.717) is 39.3 Å². The first-order valence-corrected chi connectivity index (χ1v) is 25.6. The third-order valence-electron chi connectivity index (χ3n) is 10.5. The fourth-order valence-corrected chi connectivity index (χ4v) is 7.61. The first-order valence-electron chi connectivity index (χ1n) is 24.1. The number of carbonyl (C=O) groups is 2. The summed E-state index contributed by atoms with van der Waals surface area (Å²) in [6.45, 7) is 6.13. The Balaban J connectivity index is 4.37. The quantitative estimate of drug-likeness (QED) is 0.0343. The molecule has 0 saturated carbocycles. The number of nitrogens with one attached hydrogen (secondary N) is 1. The van der Waals surface area contributed by atoms with Crippen LogP contribution in [-0.2, 0) is 42.1 Å². The van der Waals surface area contributed by atoms with Crippen LogP contribution >= 0.6 is 7.82 Å². The van der Waals surface area contributed by atoms with Gasteiger partial charge in [0.2, 0.25) is 0 Å². The Morgan fingerprint density at radius 1 is 0.500 bits per heavy atom. The number of ether oxygens (including phenoxy) is 4. The van der Waals surface area contributed by atoms with E-state index in [1.165, 1.54) is 154 Å². The van der Waals surface area contributed by atoms with Crippen LogP contribution < -0.4 is 5.32 Å². The summed E-state index contributed by atoms with van der Waals surface area (Å²) in [5.74, 6) is -0.814. The molecule has 2 N–H and O–H groups in total. The highest BCUT2D eigenvalue weighted by atomic mass is 31.2. The molecular formula is C46H92NO10P. The Bertz CT molecular complexity index is 927. The standard InChI is InChI=1S/C46H92NO10P/c1-4-6-8-10-12-14-16-18-20-22-24-26-28-30-32-34-45(48)54-42-44(43-56-58(50,51)55-39-37-47-36-38-53-41-40-52-3)57-46(49)35-33-31-29-27-25-23-21-19-17-15-13-11-9-7-5-2/h44,47H,4-43H2,1-3H3,(H,50,51). The summed E-state index contributed by atoms with van der Waals surface area (Å²) >= 11 is 0. The summed E-state index contributed by atoms with van der Waals surface area (Å²) in [5.41, 5.74) is 0. The third-order valence-corrected chi connectivity index (χ3v) is 11.5. The van der Waals surface area contributed by atoms with Crippen molar-refractivity contribution in [3.63, 3.8) is 0 Å². The topological polar surface area (TPSA) is 139 Å². The van der Waals surface area contributed by atoms with Crippen LogP contribution in [0.5, 0.6) is 0 Å².